The largest absolute Gasteiger partial charge is 0.452 e. The summed E-state index contributed by atoms with van der Waals surface area (Å²) in [5.41, 5.74) is 2.23. The maximum absolute atomic E-state index is 12.0. The zero-order valence-corrected chi connectivity index (χ0v) is 15.6. The Morgan fingerprint density at radius 1 is 1.23 bits per heavy atom. The molecule has 1 aromatic carbocycles. The third kappa shape index (κ3) is 4.20. The average Bonchev–Trinajstić information content (AvgIpc) is 3.11. The number of aromatic nitrogens is 3. The average molecular weight is 392 g/mol. The van der Waals surface area contributed by atoms with Crippen LogP contribution in [0.5, 0.6) is 0 Å². The summed E-state index contributed by atoms with van der Waals surface area (Å²) < 4.78 is 10.3. The van der Waals surface area contributed by atoms with Crippen molar-refractivity contribution in [3.8, 4) is 11.4 Å². The van der Waals surface area contributed by atoms with E-state index in [0.29, 0.717) is 11.7 Å². The normalized spacial score (nSPS) is 11.0. The third-order valence-corrected chi connectivity index (χ3v) is 4.35. The minimum Gasteiger partial charge on any atom is -0.452 e. The fourth-order valence-corrected chi connectivity index (χ4v) is 2.46. The minimum atomic E-state index is -0.614. The maximum Gasteiger partial charge on any atom is 0.340 e. The SMILES string of the molecule is CC(C)c1ccc(-c2noc(COC(=O)c3cnc(Cl)c(Cl)c3)n2)cc1. The second-order valence-corrected chi connectivity index (χ2v) is 6.63. The number of esters is 1. The van der Waals surface area contributed by atoms with Gasteiger partial charge < -0.3 is 9.26 Å². The van der Waals surface area contributed by atoms with Gasteiger partial charge in [0.2, 0.25) is 5.82 Å². The van der Waals surface area contributed by atoms with Crippen LogP contribution in [-0.4, -0.2) is 21.1 Å². The van der Waals surface area contributed by atoms with Gasteiger partial charge in [-0.3, -0.25) is 0 Å². The molecule has 0 radical (unpaired) electrons. The molecule has 8 heteroatoms. The molecule has 0 aliphatic heterocycles. The van der Waals surface area contributed by atoms with Crippen LogP contribution in [0.15, 0.2) is 41.1 Å². The minimum absolute atomic E-state index is 0.119. The van der Waals surface area contributed by atoms with E-state index >= 15 is 0 Å². The lowest BCUT2D eigenvalue weighted by Crippen LogP contribution is -2.06. The number of hydrogen-bond donors (Lipinski definition) is 0. The first-order chi connectivity index (χ1) is 12.4. The summed E-state index contributed by atoms with van der Waals surface area (Å²) in [7, 11) is 0. The summed E-state index contributed by atoms with van der Waals surface area (Å²) in [5, 5.41) is 4.20. The van der Waals surface area contributed by atoms with Crippen molar-refractivity contribution in [2.75, 3.05) is 0 Å². The highest BCUT2D eigenvalue weighted by molar-refractivity contribution is 6.41. The van der Waals surface area contributed by atoms with Crippen molar-refractivity contribution >= 4 is 29.2 Å². The van der Waals surface area contributed by atoms with Crippen molar-refractivity contribution in [3.63, 3.8) is 0 Å². The second-order valence-electron chi connectivity index (χ2n) is 5.86. The number of ether oxygens (including phenoxy) is 1. The lowest BCUT2D eigenvalue weighted by atomic mass is 10.0. The van der Waals surface area contributed by atoms with E-state index < -0.39 is 5.97 Å². The predicted octanol–water partition coefficient (Wildman–Crippen LogP) is 4.92. The van der Waals surface area contributed by atoms with Crippen LogP contribution in [0.2, 0.25) is 10.2 Å². The highest BCUT2D eigenvalue weighted by Gasteiger charge is 2.14. The van der Waals surface area contributed by atoms with Crippen LogP contribution < -0.4 is 0 Å². The molecule has 0 atom stereocenters. The van der Waals surface area contributed by atoms with Crippen LogP contribution in [0, 0.1) is 0 Å². The topological polar surface area (TPSA) is 78.1 Å². The van der Waals surface area contributed by atoms with Gasteiger partial charge in [-0.05, 0) is 17.5 Å². The van der Waals surface area contributed by atoms with E-state index in [1.165, 1.54) is 17.8 Å². The van der Waals surface area contributed by atoms with Crippen LogP contribution in [0.1, 0.15) is 41.6 Å². The lowest BCUT2D eigenvalue weighted by molar-refractivity contribution is 0.0429. The molecular formula is C18H15Cl2N3O3. The van der Waals surface area contributed by atoms with E-state index in [1.807, 2.05) is 24.3 Å². The molecule has 26 heavy (non-hydrogen) atoms. The highest BCUT2D eigenvalue weighted by atomic mass is 35.5. The van der Waals surface area contributed by atoms with Gasteiger partial charge in [-0.25, -0.2) is 9.78 Å². The summed E-state index contributed by atoms with van der Waals surface area (Å²) >= 11 is 11.6. The summed E-state index contributed by atoms with van der Waals surface area (Å²) in [6.45, 7) is 4.09. The summed E-state index contributed by atoms with van der Waals surface area (Å²) in [5.74, 6) is 0.453. The van der Waals surface area contributed by atoms with E-state index in [1.54, 1.807) is 0 Å². The van der Waals surface area contributed by atoms with Gasteiger partial charge in [-0.1, -0.05) is 66.5 Å². The smallest absolute Gasteiger partial charge is 0.340 e. The van der Waals surface area contributed by atoms with Crippen LogP contribution in [0.4, 0.5) is 0 Å². The second kappa shape index (κ2) is 7.85. The first kappa shape index (κ1) is 18.4. The van der Waals surface area contributed by atoms with Crippen molar-refractivity contribution in [2.24, 2.45) is 0 Å². The Bertz CT molecular complexity index is 924. The molecule has 2 aromatic heterocycles. The zero-order valence-electron chi connectivity index (χ0n) is 14.1. The number of carbonyl (C=O) groups is 1. The molecule has 3 rings (SSSR count). The molecule has 3 aromatic rings. The molecule has 0 unspecified atom stereocenters. The van der Waals surface area contributed by atoms with Crippen LogP contribution in [0.25, 0.3) is 11.4 Å². The van der Waals surface area contributed by atoms with E-state index in [-0.39, 0.29) is 28.2 Å². The number of carbonyl (C=O) groups excluding carboxylic acids is 1. The lowest BCUT2D eigenvalue weighted by Gasteiger charge is -2.04. The van der Waals surface area contributed by atoms with Gasteiger partial charge in [-0.15, -0.1) is 0 Å². The Morgan fingerprint density at radius 2 is 1.96 bits per heavy atom. The van der Waals surface area contributed by atoms with E-state index in [4.69, 9.17) is 32.5 Å². The van der Waals surface area contributed by atoms with Crippen molar-refractivity contribution in [1.82, 2.24) is 15.1 Å². The quantitative estimate of drug-likeness (QED) is 0.453. The van der Waals surface area contributed by atoms with Crippen molar-refractivity contribution in [3.05, 3.63) is 63.7 Å². The monoisotopic (exact) mass is 391 g/mol. The summed E-state index contributed by atoms with van der Waals surface area (Å²) in [6.07, 6.45) is 1.28. The van der Waals surface area contributed by atoms with E-state index in [2.05, 4.69) is 29.0 Å². The number of halogens is 2. The molecule has 6 nitrogen and oxygen atoms in total. The predicted molar refractivity (Wildman–Crippen MR) is 97.2 cm³/mol. The third-order valence-electron chi connectivity index (χ3n) is 3.66. The number of rotatable bonds is 5. The molecule has 0 fully saturated rings. The van der Waals surface area contributed by atoms with Gasteiger partial charge in [0.05, 0.1) is 10.6 Å². The van der Waals surface area contributed by atoms with Gasteiger partial charge in [-0.2, -0.15) is 4.98 Å². The van der Waals surface area contributed by atoms with Gasteiger partial charge in [0.1, 0.15) is 5.15 Å². The Hall–Kier alpha value is -2.44. The number of benzene rings is 1. The molecule has 0 spiro atoms. The van der Waals surface area contributed by atoms with Crippen LogP contribution in [0.3, 0.4) is 0 Å². The Kier molecular flexibility index (Phi) is 5.54. The number of hydrogen-bond acceptors (Lipinski definition) is 6. The molecule has 2 heterocycles. The fourth-order valence-electron chi connectivity index (χ4n) is 2.19. The van der Waals surface area contributed by atoms with E-state index in [0.717, 1.165) is 5.56 Å². The van der Waals surface area contributed by atoms with Crippen LogP contribution in [-0.2, 0) is 11.3 Å². The summed E-state index contributed by atoms with van der Waals surface area (Å²) in [6, 6.07) is 9.28. The molecule has 0 saturated heterocycles. The van der Waals surface area contributed by atoms with Crippen molar-refractivity contribution in [2.45, 2.75) is 26.4 Å². The molecule has 0 aliphatic rings. The van der Waals surface area contributed by atoms with Gasteiger partial charge in [0.15, 0.2) is 6.61 Å². The highest BCUT2D eigenvalue weighted by Crippen LogP contribution is 2.22. The zero-order chi connectivity index (χ0) is 18.7. The Labute approximate surface area is 160 Å². The Morgan fingerprint density at radius 3 is 2.62 bits per heavy atom. The molecule has 0 saturated carbocycles. The number of nitrogens with zero attached hydrogens (tertiary/aromatic N) is 3. The maximum atomic E-state index is 12.0. The molecule has 0 aliphatic carbocycles. The van der Waals surface area contributed by atoms with Crippen molar-refractivity contribution < 1.29 is 14.1 Å². The molecule has 0 bridgehead atoms. The number of pyridine rings is 1. The van der Waals surface area contributed by atoms with Gasteiger partial charge >= 0.3 is 5.97 Å². The van der Waals surface area contributed by atoms with E-state index in [9.17, 15) is 4.79 Å². The fraction of sp³-hybridized carbons (Fsp3) is 0.222. The first-order valence-corrected chi connectivity index (χ1v) is 8.60. The first-order valence-electron chi connectivity index (χ1n) is 7.85. The van der Waals surface area contributed by atoms with Gasteiger partial charge in [0.25, 0.3) is 5.89 Å². The summed E-state index contributed by atoms with van der Waals surface area (Å²) in [4.78, 5) is 20.0. The Balaban J connectivity index is 1.64. The molecular weight excluding hydrogens is 377 g/mol. The molecule has 0 amide bonds. The van der Waals surface area contributed by atoms with Crippen molar-refractivity contribution in [1.29, 1.82) is 0 Å². The van der Waals surface area contributed by atoms with Crippen LogP contribution >= 0.6 is 23.2 Å². The van der Waals surface area contributed by atoms with Gasteiger partial charge in [0, 0.05) is 11.8 Å². The standard InChI is InChI=1S/C18H15Cl2N3O3/c1-10(2)11-3-5-12(6-4-11)17-22-15(26-23-17)9-25-18(24)13-7-14(19)16(20)21-8-13/h3-8,10H,9H2,1-2H3. The molecule has 134 valence electrons. The molecule has 0 N–H and O–H groups in total.